The van der Waals surface area contributed by atoms with E-state index < -0.39 is 0 Å². The first kappa shape index (κ1) is 16.2. The third-order valence-electron chi connectivity index (χ3n) is 4.13. The van der Waals surface area contributed by atoms with Gasteiger partial charge >= 0.3 is 0 Å². The van der Waals surface area contributed by atoms with Gasteiger partial charge in [0.05, 0.1) is 32.2 Å². The number of rotatable bonds is 4. The number of benzene rings is 1. The fraction of sp³-hybridized carbons (Fsp3) is 0.500. The monoisotopic (exact) mass is 334 g/mol. The van der Waals surface area contributed by atoms with Crippen molar-refractivity contribution in [1.29, 1.82) is 0 Å². The molecule has 2 aromatic rings. The molecule has 0 aliphatic carbocycles. The molecule has 0 spiro atoms. The third-order valence-corrected chi connectivity index (χ3v) is 4.54. The van der Waals surface area contributed by atoms with Gasteiger partial charge in [-0.1, -0.05) is 12.1 Å². The normalized spacial score (nSPS) is 22.2. The van der Waals surface area contributed by atoms with Crippen molar-refractivity contribution in [2.75, 3.05) is 20.3 Å². The molecule has 2 heterocycles. The van der Waals surface area contributed by atoms with E-state index in [0.717, 1.165) is 24.6 Å². The molecule has 2 unspecified atom stereocenters. The van der Waals surface area contributed by atoms with Crippen LogP contribution in [0.5, 0.6) is 5.75 Å². The molecule has 0 saturated carbocycles. The second kappa shape index (κ2) is 6.82. The predicted octanol–water partition coefficient (Wildman–Crippen LogP) is 2.48. The second-order valence-corrected chi connectivity index (χ2v) is 6.23. The number of ether oxygens (including phenoxy) is 2. The molecular weight excluding hydrogens is 312 g/mol. The van der Waals surface area contributed by atoms with Crippen molar-refractivity contribution in [2.24, 2.45) is 0 Å². The Morgan fingerprint density at radius 3 is 2.91 bits per heavy atom. The number of nitrogens with zero attached hydrogens (tertiary/aromatic N) is 4. The van der Waals surface area contributed by atoms with E-state index in [-0.39, 0.29) is 6.10 Å². The lowest BCUT2D eigenvalue weighted by atomic mass is 10.2. The summed E-state index contributed by atoms with van der Waals surface area (Å²) in [5.74, 6) is 0.775. The maximum atomic E-state index is 5.67. The quantitative estimate of drug-likeness (QED) is 0.804. The van der Waals surface area contributed by atoms with Crippen LogP contribution >= 0.6 is 12.2 Å². The van der Waals surface area contributed by atoms with Crippen molar-refractivity contribution in [1.82, 2.24) is 19.2 Å². The van der Waals surface area contributed by atoms with E-state index in [1.165, 1.54) is 0 Å². The topological polar surface area (TPSA) is 44.5 Å². The Labute approximate surface area is 141 Å². The van der Waals surface area contributed by atoms with Gasteiger partial charge in [-0.05, 0) is 38.2 Å². The van der Waals surface area contributed by atoms with Crippen LogP contribution in [0.25, 0.3) is 5.69 Å². The summed E-state index contributed by atoms with van der Waals surface area (Å²) in [5, 5.41) is 4.46. The van der Waals surface area contributed by atoms with Gasteiger partial charge in [-0.25, -0.2) is 4.68 Å². The van der Waals surface area contributed by atoms with Gasteiger partial charge < -0.3 is 9.47 Å². The zero-order valence-corrected chi connectivity index (χ0v) is 14.5. The molecule has 6 nitrogen and oxygen atoms in total. The van der Waals surface area contributed by atoms with Gasteiger partial charge in [0.2, 0.25) is 4.77 Å². The van der Waals surface area contributed by atoms with Crippen LogP contribution < -0.4 is 4.74 Å². The molecule has 0 N–H and O–H groups in total. The van der Waals surface area contributed by atoms with Gasteiger partial charge in [-0.3, -0.25) is 9.47 Å². The fourth-order valence-corrected chi connectivity index (χ4v) is 3.02. The van der Waals surface area contributed by atoms with E-state index in [4.69, 9.17) is 21.7 Å². The Morgan fingerprint density at radius 1 is 1.35 bits per heavy atom. The zero-order chi connectivity index (χ0) is 16.4. The minimum Gasteiger partial charge on any atom is -0.495 e. The van der Waals surface area contributed by atoms with Crippen LogP contribution in [0, 0.1) is 4.77 Å². The van der Waals surface area contributed by atoms with Gasteiger partial charge in [0, 0.05) is 12.6 Å². The van der Waals surface area contributed by atoms with Crippen molar-refractivity contribution in [3.63, 3.8) is 0 Å². The summed E-state index contributed by atoms with van der Waals surface area (Å²) in [6.07, 6.45) is 1.98. The molecule has 1 aromatic carbocycles. The van der Waals surface area contributed by atoms with Gasteiger partial charge in [-0.2, -0.15) is 5.10 Å². The van der Waals surface area contributed by atoms with Crippen molar-refractivity contribution in [3.05, 3.63) is 35.4 Å². The van der Waals surface area contributed by atoms with Crippen LogP contribution in [0.4, 0.5) is 0 Å². The molecule has 7 heteroatoms. The molecule has 124 valence electrons. The number of para-hydroxylation sites is 2. The van der Waals surface area contributed by atoms with Crippen LogP contribution in [0.1, 0.15) is 13.8 Å². The summed E-state index contributed by atoms with van der Waals surface area (Å²) in [6, 6.07) is 8.14. The van der Waals surface area contributed by atoms with Crippen LogP contribution in [0.15, 0.2) is 30.6 Å². The Balaban J connectivity index is 1.86. The van der Waals surface area contributed by atoms with E-state index in [2.05, 4.69) is 23.8 Å². The molecule has 1 aliphatic heterocycles. The minimum atomic E-state index is 0.233. The number of hydrogen-bond donors (Lipinski definition) is 0. The molecule has 3 rings (SSSR count). The molecule has 1 aliphatic rings. The Hall–Kier alpha value is -1.70. The first-order valence-corrected chi connectivity index (χ1v) is 8.14. The summed E-state index contributed by atoms with van der Waals surface area (Å²) in [7, 11) is 1.66. The van der Waals surface area contributed by atoms with E-state index in [9.17, 15) is 0 Å². The summed E-state index contributed by atoms with van der Waals surface area (Å²) in [5.41, 5.74) is 0.898. The Bertz CT molecular complexity index is 727. The van der Waals surface area contributed by atoms with Crippen LogP contribution in [-0.2, 0) is 11.4 Å². The number of morpholine rings is 1. The van der Waals surface area contributed by atoms with Crippen LogP contribution in [0.2, 0.25) is 0 Å². The first-order chi connectivity index (χ1) is 11.1. The lowest BCUT2D eigenvalue weighted by Crippen LogP contribution is -2.47. The molecule has 0 bridgehead atoms. The van der Waals surface area contributed by atoms with Crippen LogP contribution in [-0.4, -0.2) is 51.7 Å². The summed E-state index contributed by atoms with van der Waals surface area (Å²) < 4.78 is 15.5. The van der Waals surface area contributed by atoms with Crippen molar-refractivity contribution in [3.8, 4) is 11.4 Å². The SMILES string of the molecule is COc1ccccc1-n1cnn(CN2CC(C)OCC2C)c1=S. The standard InChI is InChI=1S/C16H22N4O2S/c1-12-9-22-13(2)8-18(12)11-20-16(23)19(10-17-20)14-6-4-5-7-15(14)21-3/h4-7,10,12-13H,8-9,11H2,1-3H3. The van der Waals surface area contributed by atoms with Gasteiger partial charge in [0.15, 0.2) is 0 Å². The second-order valence-electron chi connectivity index (χ2n) is 5.86. The maximum Gasteiger partial charge on any atom is 0.203 e. The van der Waals surface area contributed by atoms with Crippen molar-refractivity contribution in [2.45, 2.75) is 32.7 Å². The van der Waals surface area contributed by atoms with E-state index in [1.54, 1.807) is 13.4 Å². The molecule has 0 radical (unpaired) electrons. The number of aromatic nitrogens is 3. The molecule has 1 fully saturated rings. The minimum absolute atomic E-state index is 0.233. The van der Waals surface area contributed by atoms with Gasteiger partial charge in [0.25, 0.3) is 0 Å². The van der Waals surface area contributed by atoms with Crippen LogP contribution in [0.3, 0.4) is 0 Å². The highest BCUT2D eigenvalue weighted by atomic mass is 32.1. The molecule has 1 saturated heterocycles. The summed E-state index contributed by atoms with van der Waals surface area (Å²) >= 11 is 5.60. The maximum absolute atomic E-state index is 5.67. The molecule has 1 aromatic heterocycles. The average Bonchev–Trinajstić information content (AvgIpc) is 2.91. The lowest BCUT2D eigenvalue weighted by Gasteiger charge is -2.36. The van der Waals surface area contributed by atoms with Crippen molar-refractivity contribution >= 4 is 12.2 Å². The van der Waals surface area contributed by atoms with Gasteiger partial charge in [-0.15, -0.1) is 0 Å². The molecule has 0 amide bonds. The number of methoxy groups -OCH3 is 1. The largest absolute Gasteiger partial charge is 0.495 e. The molecule has 2 atom stereocenters. The number of hydrogen-bond acceptors (Lipinski definition) is 5. The van der Waals surface area contributed by atoms with E-state index in [1.807, 2.05) is 33.5 Å². The predicted molar refractivity (Wildman–Crippen MR) is 90.5 cm³/mol. The van der Waals surface area contributed by atoms with Crippen molar-refractivity contribution < 1.29 is 9.47 Å². The Kier molecular flexibility index (Phi) is 4.79. The van der Waals surface area contributed by atoms with E-state index >= 15 is 0 Å². The smallest absolute Gasteiger partial charge is 0.203 e. The average molecular weight is 334 g/mol. The fourth-order valence-electron chi connectivity index (χ4n) is 2.77. The van der Waals surface area contributed by atoms with Gasteiger partial charge in [0.1, 0.15) is 12.1 Å². The van der Waals surface area contributed by atoms with E-state index in [0.29, 0.717) is 17.5 Å². The summed E-state index contributed by atoms with van der Waals surface area (Å²) in [4.78, 5) is 2.34. The summed E-state index contributed by atoms with van der Waals surface area (Å²) in [6.45, 7) is 6.53. The lowest BCUT2D eigenvalue weighted by molar-refractivity contribution is -0.0625. The first-order valence-electron chi connectivity index (χ1n) is 7.73. The molecule has 23 heavy (non-hydrogen) atoms. The highest BCUT2D eigenvalue weighted by Crippen LogP contribution is 2.22. The Morgan fingerprint density at radius 2 is 2.13 bits per heavy atom. The highest BCUT2D eigenvalue weighted by molar-refractivity contribution is 7.71. The molecular formula is C16H22N4O2S. The highest BCUT2D eigenvalue weighted by Gasteiger charge is 2.24. The third kappa shape index (κ3) is 3.31. The zero-order valence-electron chi connectivity index (χ0n) is 13.7.